The highest BCUT2D eigenvalue weighted by atomic mass is 19.1. The first-order valence-electron chi connectivity index (χ1n) is 7.87. The van der Waals surface area contributed by atoms with Crippen molar-refractivity contribution < 1.29 is 18.9 Å². The van der Waals surface area contributed by atoms with Crippen LogP contribution >= 0.6 is 0 Å². The van der Waals surface area contributed by atoms with Gasteiger partial charge in [0.15, 0.2) is 5.78 Å². The number of nitrogens with two attached hydrogens (primary N) is 1. The maximum Gasteiger partial charge on any atom is 0.151 e. The third-order valence-corrected chi connectivity index (χ3v) is 4.90. The number of piperidine rings is 1. The fourth-order valence-electron chi connectivity index (χ4n) is 3.49. The van der Waals surface area contributed by atoms with Gasteiger partial charge in [-0.3, -0.25) is 4.79 Å². The molecule has 0 amide bonds. The lowest BCUT2D eigenvalue weighted by molar-refractivity contribution is -0.748. The first-order chi connectivity index (χ1) is 11.0. The molecule has 0 radical (unpaired) electrons. The minimum absolute atomic E-state index is 0.0608. The van der Waals surface area contributed by atoms with E-state index in [1.165, 1.54) is 24.3 Å². The highest BCUT2D eigenvalue weighted by Crippen LogP contribution is 2.32. The van der Waals surface area contributed by atoms with E-state index in [0.717, 1.165) is 11.1 Å². The minimum atomic E-state index is -0.285. The van der Waals surface area contributed by atoms with Crippen LogP contribution in [-0.2, 0) is 4.79 Å². The van der Waals surface area contributed by atoms with E-state index in [0.29, 0.717) is 0 Å². The smallest absolute Gasteiger partial charge is 0.151 e. The first-order valence-corrected chi connectivity index (χ1v) is 7.87. The van der Waals surface area contributed by atoms with Crippen molar-refractivity contribution in [3.05, 3.63) is 71.3 Å². The van der Waals surface area contributed by atoms with E-state index in [9.17, 15) is 13.6 Å². The van der Waals surface area contributed by atoms with Crippen molar-refractivity contribution in [3.8, 4) is 0 Å². The van der Waals surface area contributed by atoms with Crippen molar-refractivity contribution in [2.24, 2.45) is 11.8 Å². The molecule has 1 aliphatic rings. The van der Waals surface area contributed by atoms with Crippen LogP contribution in [0, 0.1) is 23.5 Å². The van der Waals surface area contributed by atoms with Crippen LogP contribution < -0.4 is 5.32 Å². The summed E-state index contributed by atoms with van der Waals surface area (Å²) >= 11 is 0. The van der Waals surface area contributed by atoms with E-state index in [2.05, 4.69) is 5.32 Å². The molecule has 2 aromatic carbocycles. The summed E-state index contributed by atoms with van der Waals surface area (Å²) < 4.78 is 26.3. The standard InChI is InChI=1S/C19H19F2NO/c1-11-17(13-3-7-15(20)8-4-13)22-18(12(2)19(11)23)14-5-9-16(21)10-6-14/h3-12,17-18,22H,1-2H3/p+1/t11-,12-,17-,18-/m0/s1. The molecule has 1 heterocycles. The maximum atomic E-state index is 13.2. The molecular weight excluding hydrogens is 296 g/mol. The summed E-state index contributed by atoms with van der Waals surface area (Å²) in [4.78, 5) is 12.7. The monoisotopic (exact) mass is 316 g/mol. The number of halogens is 2. The quantitative estimate of drug-likeness (QED) is 0.907. The van der Waals surface area contributed by atoms with Gasteiger partial charge >= 0.3 is 0 Å². The van der Waals surface area contributed by atoms with Crippen LogP contribution in [0.4, 0.5) is 8.78 Å². The van der Waals surface area contributed by atoms with Gasteiger partial charge in [0.25, 0.3) is 0 Å². The zero-order chi connectivity index (χ0) is 16.6. The van der Waals surface area contributed by atoms with Gasteiger partial charge in [0.2, 0.25) is 0 Å². The Morgan fingerprint density at radius 1 is 0.739 bits per heavy atom. The second kappa shape index (κ2) is 6.20. The van der Waals surface area contributed by atoms with Crippen LogP contribution in [0.5, 0.6) is 0 Å². The first kappa shape index (κ1) is 15.8. The van der Waals surface area contributed by atoms with Crippen molar-refractivity contribution in [1.29, 1.82) is 0 Å². The number of carbonyl (C=O) groups excluding carboxylic acids is 1. The fourth-order valence-corrected chi connectivity index (χ4v) is 3.49. The molecule has 3 rings (SSSR count). The van der Waals surface area contributed by atoms with Crippen LogP contribution in [-0.4, -0.2) is 5.78 Å². The number of Topliss-reactive ketones (excluding diaryl/α,β-unsaturated/α-hetero) is 1. The average molecular weight is 316 g/mol. The average Bonchev–Trinajstić information content (AvgIpc) is 2.55. The molecule has 4 atom stereocenters. The second-order valence-corrected chi connectivity index (χ2v) is 6.33. The number of quaternary nitrogens is 1. The van der Waals surface area contributed by atoms with Gasteiger partial charge in [0.05, 0.1) is 11.8 Å². The lowest BCUT2D eigenvalue weighted by Crippen LogP contribution is -2.91. The number of rotatable bonds is 2. The van der Waals surface area contributed by atoms with Crippen molar-refractivity contribution in [1.82, 2.24) is 0 Å². The summed E-state index contributed by atoms with van der Waals surface area (Å²) in [7, 11) is 0. The van der Waals surface area contributed by atoms with Crippen LogP contribution in [0.15, 0.2) is 48.5 Å². The fraction of sp³-hybridized carbons (Fsp3) is 0.316. The Bertz CT molecular complexity index is 637. The summed E-state index contributed by atoms with van der Waals surface area (Å²) in [5.41, 5.74) is 1.87. The van der Waals surface area contributed by atoms with Gasteiger partial charge in [-0.2, -0.15) is 0 Å². The second-order valence-electron chi connectivity index (χ2n) is 6.33. The normalized spacial score (nSPS) is 27.9. The Morgan fingerprint density at radius 2 is 1.09 bits per heavy atom. The van der Waals surface area contributed by atoms with Crippen LogP contribution in [0.3, 0.4) is 0 Å². The van der Waals surface area contributed by atoms with E-state index in [-0.39, 0.29) is 41.3 Å². The summed E-state index contributed by atoms with van der Waals surface area (Å²) in [6.07, 6.45) is 0. The molecule has 4 heteroatoms. The predicted octanol–water partition coefficient (Wildman–Crippen LogP) is 3.17. The SMILES string of the molecule is C[C@@H]1C(=O)[C@@H](C)[C@@H](c2ccc(F)cc2)[NH2+][C@@H]1c1ccc(F)cc1. The molecule has 0 aromatic heterocycles. The van der Waals surface area contributed by atoms with Gasteiger partial charge in [-0.05, 0) is 38.1 Å². The number of benzene rings is 2. The van der Waals surface area contributed by atoms with E-state index in [1.807, 2.05) is 13.8 Å². The van der Waals surface area contributed by atoms with E-state index in [1.54, 1.807) is 24.3 Å². The lowest BCUT2D eigenvalue weighted by atomic mass is 9.76. The largest absolute Gasteiger partial charge is 0.333 e. The Kier molecular flexibility index (Phi) is 4.26. The molecule has 2 N–H and O–H groups in total. The molecule has 120 valence electrons. The minimum Gasteiger partial charge on any atom is -0.333 e. The third-order valence-electron chi connectivity index (χ3n) is 4.90. The van der Waals surface area contributed by atoms with Gasteiger partial charge in [-0.1, -0.05) is 24.3 Å². The zero-order valence-corrected chi connectivity index (χ0v) is 13.2. The molecule has 1 saturated heterocycles. The van der Waals surface area contributed by atoms with Crippen molar-refractivity contribution in [3.63, 3.8) is 0 Å². The highest BCUT2D eigenvalue weighted by Gasteiger charge is 2.43. The van der Waals surface area contributed by atoms with E-state index >= 15 is 0 Å². The molecule has 2 aromatic rings. The summed E-state index contributed by atoms with van der Waals surface area (Å²) in [5, 5.41) is 2.15. The zero-order valence-electron chi connectivity index (χ0n) is 13.2. The van der Waals surface area contributed by atoms with Crippen LogP contribution in [0.25, 0.3) is 0 Å². The summed E-state index contributed by atoms with van der Waals surface area (Å²) in [6, 6.07) is 12.5. The molecule has 1 aliphatic heterocycles. The highest BCUT2D eigenvalue weighted by molar-refractivity contribution is 5.84. The molecule has 2 nitrogen and oxygen atoms in total. The Balaban J connectivity index is 1.94. The van der Waals surface area contributed by atoms with Gasteiger partial charge in [-0.15, -0.1) is 0 Å². The van der Waals surface area contributed by atoms with E-state index in [4.69, 9.17) is 0 Å². The Morgan fingerprint density at radius 3 is 1.43 bits per heavy atom. The van der Waals surface area contributed by atoms with E-state index < -0.39 is 0 Å². The van der Waals surface area contributed by atoms with Crippen LogP contribution in [0.2, 0.25) is 0 Å². The van der Waals surface area contributed by atoms with Gasteiger partial charge < -0.3 is 5.32 Å². The molecule has 0 aliphatic carbocycles. The van der Waals surface area contributed by atoms with Gasteiger partial charge in [0, 0.05) is 11.1 Å². The molecule has 0 bridgehead atoms. The number of hydrogen-bond donors (Lipinski definition) is 1. The predicted molar refractivity (Wildman–Crippen MR) is 83.5 cm³/mol. The topological polar surface area (TPSA) is 33.7 Å². The lowest BCUT2D eigenvalue weighted by Gasteiger charge is -2.36. The maximum absolute atomic E-state index is 13.2. The summed E-state index contributed by atoms with van der Waals surface area (Å²) in [5.74, 6) is -0.672. The van der Waals surface area contributed by atoms with Gasteiger partial charge in [0.1, 0.15) is 23.7 Å². The van der Waals surface area contributed by atoms with Crippen molar-refractivity contribution in [2.75, 3.05) is 0 Å². The van der Waals surface area contributed by atoms with Gasteiger partial charge in [-0.25, -0.2) is 8.78 Å². The van der Waals surface area contributed by atoms with Crippen LogP contribution in [0.1, 0.15) is 37.1 Å². The molecule has 23 heavy (non-hydrogen) atoms. The third kappa shape index (κ3) is 3.04. The number of ketones is 1. The van der Waals surface area contributed by atoms with Crippen molar-refractivity contribution >= 4 is 5.78 Å². The molecule has 1 fully saturated rings. The molecule has 0 unspecified atom stereocenters. The Labute approximate surface area is 134 Å². The number of hydrogen-bond acceptors (Lipinski definition) is 1. The molecule has 0 saturated carbocycles. The molecular formula is C19H20F2NO+. The Hall–Kier alpha value is -2.07. The number of carbonyl (C=O) groups is 1. The summed E-state index contributed by atoms with van der Waals surface area (Å²) in [6.45, 7) is 3.84. The van der Waals surface area contributed by atoms with Crippen molar-refractivity contribution in [2.45, 2.75) is 25.9 Å². The molecule has 0 spiro atoms.